The van der Waals surface area contributed by atoms with Crippen molar-refractivity contribution in [1.82, 2.24) is 9.88 Å². The van der Waals surface area contributed by atoms with Gasteiger partial charge in [0.15, 0.2) is 0 Å². The Morgan fingerprint density at radius 2 is 2.40 bits per heavy atom. The molecule has 0 aliphatic heterocycles. The lowest BCUT2D eigenvalue weighted by Crippen LogP contribution is -2.55. The Morgan fingerprint density at radius 3 is 2.87 bits per heavy atom. The number of amides is 1. The average Bonchev–Trinajstić information content (AvgIpc) is 2.58. The molecule has 0 saturated heterocycles. The first-order chi connectivity index (χ1) is 7.11. The van der Waals surface area contributed by atoms with Gasteiger partial charge < -0.3 is 15.6 Å². The summed E-state index contributed by atoms with van der Waals surface area (Å²) < 4.78 is 1.80. The summed E-state index contributed by atoms with van der Waals surface area (Å²) in [5, 5.41) is 2.88. The lowest BCUT2D eigenvalue weighted by atomic mass is 9.78. The van der Waals surface area contributed by atoms with E-state index in [1.54, 1.807) is 10.6 Å². The van der Waals surface area contributed by atoms with E-state index in [1.165, 1.54) is 6.42 Å². The molecule has 0 unspecified atom stereocenters. The molecule has 1 amide bonds. The number of carbonyl (C=O) groups excluding carboxylic acids is 1. The number of hydrogen-bond acceptors (Lipinski definition) is 2. The van der Waals surface area contributed by atoms with Crippen molar-refractivity contribution >= 4 is 5.91 Å². The van der Waals surface area contributed by atoms with Crippen molar-refractivity contribution < 1.29 is 4.79 Å². The van der Waals surface area contributed by atoms with Crippen molar-refractivity contribution in [2.24, 2.45) is 12.8 Å². The summed E-state index contributed by atoms with van der Waals surface area (Å²) in [4.78, 5) is 11.7. The average molecular weight is 207 g/mol. The molecule has 1 fully saturated rings. The van der Waals surface area contributed by atoms with Crippen molar-refractivity contribution in [1.29, 1.82) is 0 Å². The predicted octanol–water partition coefficient (Wildman–Crippen LogP) is 0.636. The smallest absolute Gasteiger partial charge is 0.267 e. The zero-order valence-corrected chi connectivity index (χ0v) is 8.99. The Kier molecular flexibility index (Phi) is 2.52. The first-order valence-corrected chi connectivity index (χ1v) is 5.29. The van der Waals surface area contributed by atoms with Crippen LogP contribution in [0.15, 0.2) is 18.3 Å². The van der Waals surface area contributed by atoms with E-state index in [-0.39, 0.29) is 11.4 Å². The maximum atomic E-state index is 11.7. The Balaban J connectivity index is 1.90. The number of nitrogens with zero attached hydrogens (tertiary/aromatic N) is 1. The van der Waals surface area contributed by atoms with Crippen molar-refractivity contribution in [2.45, 2.75) is 24.8 Å². The van der Waals surface area contributed by atoms with E-state index in [2.05, 4.69) is 5.32 Å². The first-order valence-electron chi connectivity index (χ1n) is 5.29. The van der Waals surface area contributed by atoms with E-state index >= 15 is 0 Å². The van der Waals surface area contributed by atoms with Gasteiger partial charge in [-0.25, -0.2) is 0 Å². The molecule has 0 spiro atoms. The van der Waals surface area contributed by atoms with E-state index in [1.807, 2.05) is 19.3 Å². The highest BCUT2D eigenvalue weighted by Gasteiger charge is 2.32. The van der Waals surface area contributed by atoms with Crippen LogP contribution in [0, 0.1) is 0 Å². The minimum atomic E-state index is -0.152. The van der Waals surface area contributed by atoms with Crippen molar-refractivity contribution in [3.63, 3.8) is 0 Å². The van der Waals surface area contributed by atoms with Gasteiger partial charge in [-0.1, -0.05) is 0 Å². The summed E-state index contributed by atoms with van der Waals surface area (Å²) in [6, 6.07) is 3.66. The topological polar surface area (TPSA) is 60.0 Å². The molecule has 1 aliphatic rings. The molecule has 1 aliphatic carbocycles. The summed E-state index contributed by atoms with van der Waals surface area (Å²) in [6.45, 7) is 0.580. The van der Waals surface area contributed by atoms with Crippen molar-refractivity contribution in [3.8, 4) is 0 Å². The van der Waals surface area contributed by atoms with Gasteiger partial charge >= 0.3 is 0 Å². The molecule has 1 aromatic heterocycles. The monoisotopic (exact) mass is 207 g/mol. The second-order valence-electron chi connectivity index (χ2n) is 4.40. The molecule has 82 valence electrons. The van der Waals surface area contributed by atoms with Crippen LogP contribution in [0.5, 0.6) is 0 Å². The molecule has 2 rings (SSSR count). The third-order valence-corrected chi connectivity index (χ3v) is 3.13. The van der Waals surface area contributed by atoms with Crippen LogP contribution in [0.1, 0.15) is 29.8 Å². The number of aryl methyl sites for hydroxylation is 1. The summed E-state index contributed by atoms with van der Waals surface area (Å²) in [5.74, 6) is -0.0424. The summed E-state index contributed by atoms with van der Waals surface area (Å²) >= 11 is 0. The third-order valence-electron chi connectivity index (χ3n) is 3.13. The summed E-state index contributed by atoms with van der Waals surface area (Å²) in [6.07, 6.45) is 5.06. The van der Waals surface area contributed by atoms with Gasteiger partial charge in [0, 0.05) is 25.3 Å². The van der Waals surface area contributed by atoms with E-state index in [0.717, 1.165) is 12.8 Å². The van der Waals surface area contributed by atoms with Gasteiger partial charge in [-0.2, -0.15) is 0 Å². The molecule has 15 heavy (non-hydrogen) atoms. The summed E-state index contributed by atoms with van der Waals surface area (Å²) in [7, 11) is 1.86. The third kappa shape index (κ3) is 2.04. The molecule has 4 heteroatoms. The molecule has 0 bridgehead atoms. The zero-order valence-electron chi connectivity index (χ0n) is 8.99. The van der Waals surface area contributed by atoms with Crippen LogP contribution >= 0.6 is 0 Å². The molecular formula is C11H17N3O. The Labute approximate surface area is 89.5 Å². The van der Waals surface area contributed by atoms with E-state index in [0.29, 0.717) is 12.2 Å². The zero-order chi connectivity index (χ0) is 10.9. The molecule has 1 saturated carbocycles. The number of carbonyl (C=O) groups is 1. The van der Waals surface area contributed by atoms with Crippen LogP contribution in [0.3, 0.4) is 0 Å². The predicted molar refractivity (Wildman–Crippen MR) is 58.5 cm³/mol. The van der Waals surface area contributed by atoms with Gasteiger partial charge in [0.1, 0.15) is 5.69 Å². The molecule has 0 radical (unpaired) electrons. The van der Waals surface area contributed by atoms with Crippen LogP contribution in [-0.2, 0) is 7.05 Å². The minimum Gasteiger partial charge on any atom is -0.349 e. The second-order valence-corrected chi connectivity index (χ2v) is 4.40. The van der Waals surface area contributed by atoms with Gasteiger partial charge in [0.05, 0.1) is 0 Å². The Bertz CT molecular complexity index is 366. The molecular weight excluding hydrogens is 190 g/mol. The molecule has 0 aromatic carbocycles. The van der Waals surface area contributed by atoms with Crippen LogP contribution in [0.2, 0.25) is 0 Å². The summed E-state index contributed by atoms with van der Waals surface area (Å²) in [5.41, 5.74) is 6.55. The molecule has 0 atom stereocenters. The number of nitrogens with one attached hydrogen (secondary N) is 1. The highest BCUT2D eigenvalue weighted by Crippen LogP contribution is 2.28. The molecule has 1 aromatic rings. The quantitative estimate of drug-likeness (QED) is 0.764. The fourth-order valence-corrected chi connectivity index (χ4v) is 1.85. The number of nitrogens with two attached hydrogens (primary N) is 1. The van der Waals surface area contributed by atoms with E-state index < -0.39 is 0 Å². The second kappa shape index (κ2) is 3.70. The van der Waals surface area contributed by atoms with Crippen LogP contribution < -0.4 is 11.1 Å². The molecule has 3 N–H and O–H groups in total. The lowest BCUT2D eigenvalue weighted by molar-refractivity contribution is 0.0921. The molecule has 4 nitrogen and oxygen atoms in total. The van der Waals surface area contributed by atoms with E-state index in [9.17, 15) is 4.79 Å². The Hall–Kier alpha value is -1.29. The van der Waals surface area contributed by atoms with Gasteiger partial charge in [-0.15, -0.1) is 0 Å². The lowest BCUT2D eigenvalue weighted by Gasteiger charge is -2.38. The Morgan fingerprint density at radius 1 is 1.67 bits per heavy atom. The SMILES string of the molecule is Cn1cccc1C(=O)NCC1(N)CCC1. The standard InChI is InChI=1S/C11H17N3O/c1-14-7-2-4-9(14)10(15)13-8-11(12)5-3-6-11/h2,4,7H,3,5-6,8,12H2,1H3,(H,13,15). The van der Waals surface area contributed by atoms with Crippen LogP contribution in [0.4, 0.5) is 0 Å². The normalized spacial score (nSPS) is 18.3. The van der Waals surface area contributed by atoms with Gasteiger partial charge in [0.25, 0.3) is 5.91 Å². The van der Waals surface area contributed by atoms with E-state index in [4.69, 9.17) is 5.73 Å². The van der Waals surface area contributed by atoms with Gasteiger partial charge in [-0.3, -0.25) is 4.79 Å². The minimum absolute atomic E-state index is 0.0424. The van der Waals surface area contributed by atoms with Crippen molar-refractivity contribution in [3.05, 3.63) is 24.0 Å². The first kappa shape index (κ1) is 10.2. The maximum absolute atomic E-state index is 11.7. The van der Waals surface area contributed by atoms with Gasteiger partial charge in [-0.05, 0) is 31.4 Å². The maximum Gasteiger partial charge on any atom is 0.267 e. The fraction of sp³-hybridized carbons (Fsp3) is 0.545. The van der Waals surface area contributed by atoms with Crippen molar-refractivity contribution in [2.75, 3.05) is 6.54 Å². The van der Waals surface area contributed by atoms with Gasteiger partial charge in [0.2, 0.25) is 0 Å². The fourth-order valence-electron chi connectivity index (χ4n) is 1.85. The highest BCUT2D eigenvalue weighted by molar-refractivity contribution is 5.92. The largest absolute Gasteiger partial charge is 0.349 e. The number of aromatic nitrogens is 1. The van der Waals surface area contributed by atoms with Crippen LogP contribution in [0.25, 0.3) is 0 Å². The van der Waals surface area contributed by atoms with Crippen LogP contribution in [-0.4, -0.2) is 22.6 Å². The number of rotatable bonds is 3. The number of hydrogen-bond donors (Lipinski definition) is 2. The highest BCUT2D eigenvalue weighted by atomic mass is 16.1. The molecule has 1 heterocycles.